The van der Waals surface area contributed by atoms with Crippen LogP contribution in [0.15, 0.2) is 0 Å². The maximum atomic E-state index is 12.8. The van der Waals surface area contributed by atoms with E-state index in [4.69, 9.17) is 5.11 Å². The Morgan fingerprint density at radius 3 is 1.14 bits per heavy atom. The van der Waals surface area contributed by atoms with Crippen LogP contribution in [0.4, 0.5) is 52.7 Å². The average Bonchev–Trinajstić information content (AvgIpc) is 2.27. The van der Waals surface area contributed by atoms with Crippen LogP contribution in [0.2, 0.25) is 0 Å². The molecule has 0 aromatic carbocycles. The summed E-state index contributed by atoms with van der Waals surface area (Å²) in [7, 11) is 0. The molecule has 0 rings (SSSR count). The van der Waals surface area contributed by atoms with Crippen LogP contribution >= 0.6 is 0 Å². The molecule has 0 saturated carbocycles. The lowest BCUT2D eigenvalue weighted by Crippen LogP contribution is -2.70. The van der Waals surface area contributed by atoms with Gasteiger partial charge in [-0.1, -0.05) is 0 Å². The number of aliphatic hydroxyl groups excluding tert-OH is 1. The van der Waals surface area contributed by atoms with Crippen LogP contribution in [-0.2, 0) is 0 Å². The van der Waals surface area contributed by atoms with Gasteiger partial charge >= 0.3 is 36.0 Å². The Morgan fingerprint density at radius 2 is 0.905 bits per heavy atom. The van der Waals surface area contributed by atoms with E-state index in [1.54, 1.807) is 0 Å². The molecule has 0 fully saturated rings. The Hall–Kier alpha value is -0.880. The van der Waals surface area contributed by atoms with Gasteiger partial charge in [-0.05, 0) is 6.92 Å². The van der Waals surface area contributed by atoms with Crippen molar-refractivity contribution in [3.05, 3.63) is 0 Å². The van der Waals surface area contributed by atoms with Crippen LogP contribution < -0.4 is 0 Å². The summed E-state index contributed by atoms with van der Waals surface area (Å²) >= 11 is 0. The van der Waals surface area contributed by atoms with E-state index >= 15 is 0 Å². The predicted octanol–water partition coefficient (Wildman–Crippen LogP) is 3.81. The lowest BCUT2D eigenvalue weighted by molar-refractivity contribution is -0.419. The molecule has 0 heterocycles. The molecule has 128 valence electrons. The first-order chi connectivity index (χ1) is 8.89. The zero-order chi connectivity index (χ0) is 17.7. The first kappa shape index (κ1) is 20.1. The Bertz CT molecular complexity index is 339. The van der Waals surface area contributed by atoms with Gasteiger partial charge in [-0.2, -0.15) is 43.9 Å². The van der Waals surface area contributed by atoms with Gasteiger partial charge in [0, 0.05) is 0 Å². The van der Waals surface area contributed by atoms with Gasteiger partial charge in [-0.3, -0.25) is 0 Å². The molecular formula is C8H6F12O. The van der Waals surface area contributed by atoms with Gasteiger partial charge < -0.3 is 5.11 Å². The maximum Gasteiger partial charge on any atom is 0.384 e. The largest absolute Gasteiger partial charge is 0.387 e. The van der Waals surface area contributed by atoms with Crippen LogP contribution in [0, 0.1) is 0 Å². The van der Waals surface area contributed by atoms with Crippen molar-refractivity contribution >= 4 is 0 Å². The molecule has 0 amide bonds. The van der Waals surface area contributed by atoms with Gasteiger partial charge in [-0.25, -0.2) is 8.78 Å². The Kier molecular flexibility index (Phi) is 4.88. The standard InChI is InChI=1S/C8H6F12O/c1-2(21)4(11,12)6(15,16)8(19,20)7(17,18)5(13,14)3(9)10/h2-3,21H,1H3. The van der Waals surface area contributed by atoms with E-state index in [9.17, 15) is 52.7 Å². The van der Waals surface area contributed by atoms with Crippen molar-refractivity contribution in [3.63, 3.8) is 0 Å². The van der Waals surface area contributed by atoms with Crippen LogP contribution in [0.5, 0.6) is 0 Å². The number of rotatable bonds is 6. The van der Waals surface area contributed by atoms with Crippen molar-refractivity contribution in [1.29, 1.82) is 0 Å². The molecule has 0 radical (unpaired) electrons. The molecule has 1 nitrogen and oxygen atoms in total. The van der Waals surface area contributed by atoms with E-state index in [0.717, 1.165) is 0 Å². The van der Waals surface area contributed by atoms with E-state index in [2.05, 4.69) is 0 Å². The Labute approximate surface area is 108 Å². The third kappa shape index (κ3) is 2.52. The number of aliphatic hydroxyl groups is 1. The summed E-state index contributed by atoms with van der Waals surface area (Å²) in [5, 5.41) is 8.21. The van der Waals surface area contributed by atoms with Crippen LogP contribution in [0.25, 0.3) is 0 Å². The molecule has 0 aromatic heterocycles. The molecule has 0 aliphatic rings. The SMILES string of the molecule is CC(O)C(F)(F)C(F)(F)C(F)(F)C(F)(F)C(F)(F)C(F)F. The average molecular weight is 346 g/mol. The summed E-state index contributed by atoms with van der Waals surface area (Å²) in [4.78, 5) is 0. The summed E-state index contributed by atoms with van der Waals surface area (Å²) in [6, 6.07) is 0. The number of halogens is 12. The maximum absolute atomic E-state index is 12.8. The van der Waals surface area contributed by atoms with E-state index < -0.39 is 42.1 Å². The molecule has 1 atom stereocenters. The highest BCUT2D eigenvalue weighted by Crippen LogP contribution is 2.58. The van der Waals surface area contributed by atoms with E-state index in [1.807, 2.05) is 0 Å². The number of hydrogen-bond acceptors (Lipinski definition) is 1. The van der Waals surface area contributed by atoms with E-state index in [0.29, 0.717) is 0 Å². The van der Waals surface area contributed by atoms with Gasteiger partial charge in [0.1, 0.15) is 6.10 Å². The second-order valence-corrected chi connectivity index (χ2v) is 3.95. The fourth-order valence-electron chi connectivity index (χ4n) is 1.02. The summed E-state index contributed by atoms with van der Waals surface area (Å²) in [5.74, 6) is -35.7. The minimum absolute atomic E-state index is 0.215. The molecular weight excluding hydrogens is 340 g/mol. The minimum atomic E-state index is -7.58. The van der Waals surface area contributed by atoms with E-state index in [-0.39, 0.29) is 6.92 Å². The van der Waals surface area contributed by atoms with Gasteiger partial charge in [0.05, 0.1) is 0 Å². The third-order valence-electron chi connectivity index (χ3n) is 2.42. The molecule has 21 heavy (non-hydrogen) atoms. The van der Waals surface area contributed by atoms with Gasteiger partial charge in [0.15, 0.2) is 0 Å². The highest BCUT2D eigenvalue weighted by molar-refractivity contribution is 5.10. The molecule has 13 heteroatoms. The van der Waals surface area contributed by atoms with Gasteiger partial charge in [0.25, 0.3) is 0 Å². The van der Waals surface area contributed by atoms with Crippen LogP contribution in [0.1, 0.15) is 6.92 Å². The molecule has 0 aliphatic carbocycles. The summed E-state index contributed by atoms with van der Waals surface area (Å²) in [6.07, 6.45) is -9.19. The number of alkyl halides is 12. The quantitative estimate of drug-likeness (QED) is 0.726. The van der Waals surface area contributed by atoms with Crippen LogP contribution in [0.3, 0.4) is 0 Å². The predicted molar refractivity (Wildman–Crippen MR) is 42.4 cm³/mol. The second kappa shape index (κ2) is 5.09. The van der Waals surface area contributed by atoms with Crippen molar-refractivity contribution in [2.75, 3.05) is 0 Å². The molecule has 0 saturated heterocycles. The fourth-order valence-corrected chi connectivity index (χ4v) is 1.02. The van der Waals surface area contributed by atoms with Gasteiger partial charge in [-0.15, -0.1) is 0 Å². The highest BCUT2D eigenvalue weighted by Gasteiger charge is 2.88. The Balaban J connectivity index is 6.09. The summed E-state index contributed by atoms with van der Waals surface area (Å²) in [6.45, 7) is -0.215. The zero-order valence-corrected chi connectivity index (χ0v) is 9.64. The molecule has 0 spiro atoms. The second-order valence-electron chi connectivity index (χ2n) is 3.95. The van der Waals surface area contributed by atoms with Crippen molar-refractivity contribution in [1.82, 2.24) is 0 Å². The van der Waals surface area contributed by atoms with Crippen LogP contribution in [-0.4, -0.2) is 47.2 Å². The van der Waals surface area contributed by atoms with Crippen molar-refractivity contribution in [3.8, 4) is 0 Å². The third-order valence-corrected chi connectivity index (χ3v) is 2.42. The lowest BCUT2D eigenvalue weighted by Gasteiger charge is -2.39. The number of hydrogen-bond donors (Lipinski definition) is 1. The summed E-state index contributed by atoms with van der Waals surface area (Å²) in [5.41, 5.74) is 0. The Morgan fingerprint density at radius 1 is 0.619 bits per heavy atom. The van der Waals surface area contributed by atoms with Crippen molar-refractivity contribution < 1.29 is 57.8 Å². The fraction of sp³-hybridized carbons (Fsp3) is 1.00. The molecule has 1 unspecified atom stereocenters. The van der Waals surface area contributed by atoms with Gasteiger partial charge in [0.2, 0.25) is 0 Å². The normalized spacial score (nSPS) is 17.3. The molecule has 1 N–H and O–H groups in total. The summed E-state index contributed by atoms with van der Waals surface area (Å²) < 4.78 is 150. The molecule has 0 aliphatic heterocycles. The van der Waals surface area contributed by atoms with Crippen molar-refractivity contribution in [2.45, 2.75) is 49.1 Å². The van der Waals surface area contributed by atoms with E-state index in [1.165, 1.54) is 0 Å². The smallest absolute Gasteiger partial charge is 0.384 e. The minimum Gasteiger partial charge on any atom is -0.387 e. The monoisotopic (exact) mass is 346 g/mol. The first-order valence-corrected chi connectivity index (χ1v) is 4.74. The van der Waals surface area contributed by atoms with Crippen molar-refractivity contribution in [2.24, 2.45) is 0 Å². The lowest BCUT2D eigenvalue weighted by atomic mass is 9.92. The first-order valence-electron chi connectivity index (χ1n) is 4.74. The topological polar surface area (TPSA) is 20.2 Å². The zero-order valence-electron chi connectivity index (χ0n) is 9.64. The molecule has 0 aromatic rings. The highest BCUT2D eigenvalue weighted by atomic mass is 19.4. The molecule has 0 bridgehead atoms.